The number of anilines is 1. The number of benzene rings is 2. The molecule has 1 aliphatic heterocycles. The molecule has 2 aromatic rings. The second kappa shape index (κ2) is 9.12. The van der Waals surface area contributed by atoms with Crippen molar-refractivity contribution in [3.63, 3.8) is 0 Å². The highest BCUT2D eigenvalue weighted by atomic mass is 35.5. The number of aliphatic imine (C=N–C) groups is 1. The van der Waals surface area contributed by atoms with Gasteiger partial charge in [0.05, 0.1) is 12.3 Å². The van der Waals surface area contributed by atoms with Crippen LogP contribution >= 0.6 is 23.4 Å². The number of halogens is 1. The number of rotatable bonds is 5. The molecule has 1 aliphatic rings. The summed E-state index contributed by atoms with van der Waals surface area (Å²) in [5.74, 6) is 0.341. The maximum absolute atomic E-state index is 12.6. The Morgan fingerprint density at radius 2 is 2.07 bits per heavy atom. The van der Waals surface area contributed by atoms with E-state index in [0.29, 0.717) is 28.2 Å². The van der Waals surface area contributed by atoms with Crippen molar-refractivity contribution in [1.82, 2.24) is 4.90 Å². The molecule has 0 bridgehead atoms. The minimum absolute atomic E-state index is 0.107. The number of amides is 2. The van der Waals surface area contributed by atoms with E-state index in [2.05, 4.69) is 10.3 Å². The van der Waals surface area contributed by atoms with Crippen LogP contribution in [0, 0.1) is 0 Å². The summed E-state index contributed by atoms with van der Waals surface area (Å²) in [5.41, 5.74) is 1.27. The van der Waals surface area contributed by atoms with Crippen molar-refractivity contribution in [1.29, 1.82) is 0 Å². The van der Waals surface area contributed by atoms with Crippen LogP contribution in [0.2, 0.25) is 5.02 Å². The molecule has 1 fully saturated rings. The number of carbonyl (C=O) groups excluding carboxylic acids is 2. The van der Waals surface area contributed by atoms with E-state index in [1.54, 1.807) is 31.3 Å². The summed E-state index contributed by atoms with van der Waals surface area (Å²) in [7, 11) is 1.66. The summed E-state index contributed by atoms with van der Waals surface area (Å²) < 4.78 is 5.42. The van der Waals surface area contributed by atoms with E-state index in [9.17, 15) is 9.59 Å². The lowest BCUT2D eigenvalue weighted by atomic mass is 10.2. The van der Waals surface area contributed by atoms with E-state index in [1.807, 2.05) is 31.2 Å². The Hall–Kier alpha value is -2.51. The SMILES string of the molecule is CCOc1ccc(N=C2S[C@@H](C(=O)Nc3cccc(Cl)c3)CC(=O)N2C)cc1. The molecule has 3 rings (SSSR count). The number of hydrogen-bond acceptors (Lipinski definition) is 5. The quantitative estimate of drug-likeness (QED) is 0.786. The summed E-state index contributed by atoms with van der Waals surface area (Å²) in [4.78, 5) is 31.0. The zero-order valence-corrected chi connectivity index (χ0v) is 17.1. The molecular formula is C20H20ClN3O3S. The summed E-state index contributed by atoms with van der Waals surface area (Å²) in [6.07, 6.45) is 0.107. The fraction of sp³-hybridized carbons (Fsp3) is 0.250. The molecule has 6 nitrogen and oxygen atoms in total. The zero-order valence-electron chi connectivity index (χ0n) is 15.5. The fourth-order valence-corrected chi connectivity index (χ4v) is 3.84. The van der Waals surface area contributed by atoms with Gasteiger partial charge in [0.1, 0.15) is 11.0 Å². The Kier molecular flexibility index (Phi) is 6.59. The zero-order chi connectivity index (χ0) is 20.1. The predicted molar refractivity (Wildman–Crippen MR) is 114 cm³/mol. The molecule has 0 saturated carbocycles. The lowest BCUT2D eigenvalue weighted by molar-refractivity contribution is -0.128. The van der Waals surface area contributed by atoms with Gasteiger partial charge in [-0.05, 0) is 49.4 Å². The Morgan fingerprint density at radius 1 is 1.32 bits per heavy atom. The van der Waals surface area contributed by atoms with Crippen LogP contribution in [0.4, 0.5) is 11.4 Å². The Morgan fingerprint density at radius 3 is 2.75 bits per heavy atom. The standard InChI is InChI=1S/C20H20ClN3O3S/c1-3-27-16-9-7-14(8-10-16)23-20-24(2)18(25)12-17(28-20)19(26)22-15-6-4-5-13(21)11-15/h4-11,17H,3,12H2,1-2H3,(H,22,26)/t17-/m1/s1. The third kappa shape index (κ3) is 5.05. The summed E-state index contributed by atoms with van der Waals surface area (Å²) in [5, 5.41) is 3.25. The normalized spacial score (nSPS) is 18.2. The van der Waals surface area contributed by atoms with Crippen LogP contribution < -0.4 is 10.1 Å². The highest BCUT2D eigenvalue weighted by Crippen LogP contribution is 2.29. The Balaban J connectivity index is 1.75. The molecule has 28 heavy (non-hydrogen) atoms. The maximum Gasteiger partial charge on any atom is 0.238 e. The second-order valence-electron chi connectivity index (χ2n) is 6.08. The Bertz CT molecular complexity index is 902. The first-order valence-electron chi connectivity index (χ1n) is 8.77. The van der Waals surface area contributed by atoms with Crippen molar-refractivity contribution >= 4 is 51.7 Å². The van der Waals surface area contributed by atoms with Crippen molar-refractivity contribution in [2.75, 3.05) is 19.0 Å². The molecule has 0 spiro atoms. The molecule has 1 heterocycles. The number of nitrogens with one attached hydrogen (secondary N) is 1. The van der Waals surface area contributed by atoms with E-state index >= 15 is 0 Å². The van der Waals surface area contributed by atoms with Crippen LogP contribution in [0.5, 0.6) is 5.75 Å². The smallest absolute Gasteiger partial charge is 0.238 e. The third-order valence-electron chi connectivity index (χ3n) is 4.03. The molecule has 0 radical (unpaired) electrons. The third-order valence-corrected chi connectivity index (χ3v) is 5.50. The number of thioether (sulfide) groups is 1. The predicted octanol–water partition coefficient (Wildman–Crippen LogP) is 4.33. The van der Waals surface area contributed by atoms with E-state index in [4.69, 9.17) is 16.3 Å². The van der Waals surface area contributed by atoms with Crippen molar-refractivity contribution in [2.24, 2.45) is 4.99 Å². The van der Waals surface area contributed by atoms with Gasteiger partial charge in [-0.25, -0.2) is 4.99 Å². The number of nitrogens with zero attached hydrogens (tertiary/aromatic N) is 2. The lowest BCUT2D eigenvalue weighted by Gasteiger charge is -2.28. The molecule has 0 aromatic heterocycles. The summed E-state index contributed by atoms with van der Waals surface area (Å²) in [6.45, 7) is 2.51. The number of amidine groups is 1. The van der Waals surface area contributed by atoms with Crippen molar-refractivity contribution in [3.8, 4) is 5.75 Å². The molecule has 0 unspecified atom stereocenters. The monoisotopic (exact) mass is 417 g/mol. The van der Waals surface area contributed by atoms with Gasteiger partial charge in [-0.2, -0.15) is 0 Å². The minimum atomic E-state index is -0.566. The van der Waals surface area contributed by atoms with Gasteiger partial charge < -0.3 is 10.1 Å². The minimum Gasteiger partial charge on any atom is -0.494 e. The molecule has 1 atom stereocenters. The molecule has 1 saturated heterocycles. The largest absolute Gasteiger partial charge is 0.494 e. The molecular weight excluding hydrogens is 398 g/mol. The molecule has 2 aromatic carbocycles. The van der Waals surface area contributed by atoms with Crippen molar-refractivity contribution < 1.29 is 14.3 Å². The van der Waals surface area contributed by atoms with Gasteiger partial charge in [0.2, 0.25) is 11.8 Å². The van der Waals surface area contributed by atoms with Gasteiger partial charge in [-0.15, -0.1) is 0 Å². The van der Waals surface area contributed by atoms with Crippen LogP contribution in [0.15, 0.2) is 53.5 Å². The van der Waals surface area contributed by atoms with Crippen LogP contribution in [0.3, 0.4) is 0 Å². The van der Waals surface area contributed by atoms with Gasteiger partial charge in [-0.3, -0.25) is 14.5 Å². The van der Waals surface area contributed by atoms with E-state index in [-0.39, 0.29) is 18.2 Å². The first-order valence-corrected chi connectivity index (χ1v) is 10.0. The molecule has 8 heteroatoms. The highest BCUT2D eigenvalue weighted by molar-refractivity contribution is 8.15. The van der Waals surface area contributed by atoms with Crippen LogP contribution in [0.1, 0.15) is 13.3 Å². The first kappa shape index (κ1) is 20.2. The van der Waals surface area contributed by atoms with Gasteiger partial charge in [0, 0.05) is 24.2 Å². The summed E-state index contributed by atoms with van der Waals surface area (Å²) in [6, 6.07) is 14.2. The van der Waals surface area contributed by atoms with E-state index in [1.165, 1.54) is 16.7 Å². The van der Waals surface area contributed by atoms with Crippen molar-refractivity contribution in [3.05, 3.63) is 53.6 Å². The fourth-order valence-electron chi connectivity index (χ4n) is 2.58. The summed E-state index contributed by atoms with van der Waals surface area (Å²) >= 11 is 7.22. The molecule has 146 valence electrons. The molecule has 1 N–H and O–H groups in total. The molecule has 0 aliphatic carbocycles. The van der Waals surface area contributed by atoms with E-state index < -0.39 is 5.25 Å². The Labute approximate surface area is 172 Å². The lowest BCUT2D eigenvalue weighted by Crippen LogP contribution is -2.43. The van der Waals surface area contributed by atoms with Gasteiger partial charge >= 0.3 is 0 Å². The van der Waals surface area contributed by atoms with Gasteiger partial charge in [0.25, 0.3) is 0 Å². The van der Waals surface area contributed by atoms with Gasteiger partial charge in [-0.1, -0.05) is 29.4 Å². The van der Waals surface area contributed by atoms with Crippen LogP contribution in [0.25, 0.3) is 0 Å². The molecule has 2 amide bonds. The van der Waals surface area contributed by atoms with Gasteiger partial charge in [0.15, 0.2) is 5.17 Å². The van der Waals surface area contributed by atoms with Crippen LogP contribution in [-0.2, 0) is 9.59 Å². The van der Waals surface area contributed by atoms with Crippen LogP contribution in [-0.4, -0.2) is 40.8 Å². The average molecular weight is 418 g/mol. The maximum atomic E-state index is 12.6. The number of hydrogen-bond donors (Lipinski definition) is 1. The second-order valence-corrected chi connectivity index (χ2v) is 7.69. The van der Waals surface area contributed by atoms with Crippen molar-refractivity contribution in [2.45, 2.75) is 18.6 Å². The highest BCUT2D eigenvalue weighted by Gasteiger charge is 2.34. The topological polar surface area (TPSA) is 71.0 Å². The number of carbonyl (C=O) groups is 2. The average Bonchev–Trinajstić information content (AvgIpc) is 2.67. The first-order chi connectivity index (χ1) is 13.5. The van der Waals surface area contributed by atoms with E-state index in [0.717, 1.165) is 5.75 Å². The number of ether oxygens (including phenoxy) is 1.